The van der Waals surface area contributed by atoms with Gasteiger partial charge in [-0.2, -0.15) is 0 Å². The fourth-order valence-electron chi connectivity index (χ4n) is 4.55. The predicted molar refractivity (Wildman–Crippen MR) is 133 cm³/mol. The van der Waals surface area contributed by atoms with Crippen molar-refractivity contribution in [1.29, 1.82) is 0 Å². The van der Waals surface area contributed by atoms with Crippen LogP contribution in [-0.4, -0.2) is 36.8 Å². The van der Waals surface area contributed by atoms with Gasteiger partial charge in [0, 0.05) is 12.6 Å². The van der Waals surface area contributed by atoms with Gasteiger partial charge in [-0.05, 0) is 34.6 Å². The highest BCUT2D eigenvalue weighted by molar-refractivity contribution is 7.91. The maximum atomic E-state index is 14.2. The molecular formula is C28H31NO3S. The number of nitrogens with zero attached hydrogens (tertiary/aromatic N) is 1. The number of amides is 1. The summed E-state index contributed by atoms with van der Waals surface area (Å²) in [4.78, 5) is 16.0. The molecule has 5 heteroatoms. The van der Waals surface area contributed by atoms with Gasteiger partial charge >= 0.3 is 0 Å². The molecule has 0 unspecified atom stereocenters. The van der Waals surface area contributed by atoms with Gasteiger partial charge in [-0.1, -0.05) is 98.8 Å². The monoisotopic (exact) mass is 461 g/mol. The van der Waals surface area contributed by atoms with Crippen molar-refractivity contribution in [2.75, 3.05) is 11.5 Å². The van der Waals surface area contributed by atoms with E-state index >= 15 is 0 Å². The second kappa shape index (κ2) is 9.92. The van der Waals surface area contributed by atoms with Crippen LogP contribution >= 0.6 is 0 Å². The van der Waals surface area contributed by atoms with E-state index in [4.69, 9.17) is 0 Å². The number of benzene rings is 3. The van der Waals surface area contributed by atoms with Crippen molar-refractivity contribution in [2.24, 2.45) is 0 Å². The topological polar surface area (TPSA) is 54.5 Å². The number of carbonyl (C=O) groups is 1. The zero-order valence-electron chi connectivity index (χ0n) is 19.2. The summed E-state index contributed by atoms with van der Waals surface area (Å²) in [5.74, 6) is 0.0548. The Kier molecular flexibility index (Phi) is 6.99. The minimum Gasteiger partial charge on any atom is -0.334 e. The highest BCUT2D eigenvalue weighted by Gasteiger charge is 2.38. The first-order chi connectivity index (χ1) is 15.8. The number of hydrogen-bond donors (Lipinski definition) is 0. The van der Waals surface area contributed by atoms with Gasteiger partial charge in [0.25, 0.3) is 0 Å². The molecule has 4 nitrogen and oxygen atoms in total. The molecule has 1 heterocycles. The summed E-state index contributed by atoms with van der Waals surface area (Å²) in [5, 5.41) is 0. The Balaban J connectivity index is 1.72. The van der Waals surface area contributed by atoms with Gasteiger partial charge in [-0.3, -0.25) is 4.79 Å². The minimum atomic E-state index is -3.13. The highest BCUT2D eigenvalue weighted by Crippen LogP contribution is 2.31. The molecule has 0 spiro atoms. The van der Waals surface area contributed by atoms with E-state index in [2.05, 4.69) is 38.1 Å². The van der Waals surface area contributed by atoms with Crippen LogP contribution in [0, 0.1) is 0 Å². The zero-order chi connectivity index (χ0) is 23.4. The Morgan fingerprint density at radius 1 is 0.848 bits per heavy atom. The van der Waals surface area contributed by atoms with Gasteiger partial charge in [-0.15, -0.1) is 0 Å². The lowest BCUT2D eigenvalue weighted by Gasteiger charge is -2.32. The largest absolute Gasteiger partial charge is 0.334 e. The Hall–Kier alpha value is -2.92. The third-order valence-electron chi connectivity index (χ3n) is 6.44. The quantitative estimate of drug-likeness (QED) is 0.488. The third kappa shape index (κ3) is 5.53. The van der Waals surface area contributed by atoms with Crippen LogP contribution in [0.2, 0.25) is 0 Å². The molecule has 0 bridgehead atoms. The molecule has 1 aliphatic heterocycles. The Bertz CT molecular complexity index is 1130. The average Bonchev–Trinajstić information content (AvgIpc) is 3.18. The zero-order valence-corrected chi connectivity index (χ0v) is 20.0. The number of sulfone groups is 1. The SMILES string of the molecule is CC(C)c1ccc(CN(C(=O)C(c2ccccc2)c2ccccc2)[C@H]2CCS(=O)(=O)C2)cc1. The summed E-state index contributed by atoms with van der Waals surface area (Å²) in [7, 11) is -3.13. The molecular weight excluding hydrogens is 430 g/mol. The van der Waals surface area contributed by atoms with Crippen molar-refractivity contribution in [3.05, 3.63) is 107 Å². The van der Waals surface area contributed by atoms with Gasteiger partial charge in [0.15, 0.2) is 9.84 Å². The summed E-state index contributed by atoms with van der Waals surface area (Å²) in [5.41, 5.74) is 4.08. The van der Waals surface area contributed by atoms with Crippen molar-refractivity contribution in [3.8, 4) is 0 Å². The fourth-order valence-corrected chi connectivity index (χ4v) is 6.28. The van der Waals surface area contributed by atoms with Crippen molar-refractivity contribution in [1.82, 2.24) is 4.90 Å². The van der Waals surface area contributed by atoms with Crippen LogP contribution in [0.25, 0.3) is 0 Å². The van der Waals surface area contributed by atoms with Crippen LogP contribution in [-0.2, 0) is 21.2 Å². The van der Waals surface area contributed by atoms with Crippen LogP contribution < -0.4 is 0 Å². The second-order valence-corrected chi connectivity index (χ2v) is 11.4. The van der Waals surface area contributed by atoms with E-state index in [1.807, 2.05) is 60.7 Å². The molecule has 0 aliphatic carbocycles. The summed E-state index contributed by atoms with van der Waals surface area (Å²) < 4.78 is 24.6. The van der Waals surface area contributed by atoms with Crippen molar-refractivity contribution in [2.45, 2.75) is 44.7 Å². The van der Waals surface area contributed by atoms with E-state index in [0.29, 0.717) is 18.9 Å². The molecule has 33 heavy (non-hydrogen) atoms. The van der Waals surface area contributed by atoms with Gasteiger partial charge in [-0.25, -0.2) is 8.42 Å². The molecule has 0 N–H and O–H groups in total. The lowest BCUT2D eigenvalue weighted by Crippen LogP contribution is -2.43. The summed E-state index contributed by atoms with van der Waals surface area (Å²) in [6.07, 6.45) is 0.481. The lowest BCUT2D eigenvalue weighted by atomic mass is 9.89. The van der Waals surface area contributed by atoms with E-state index in [-0.39, 0.29) is 23.5 Å². The van der Waals surface area contributed by atoms with E-state index < -0.39 is 15.8 Å². The van der Waals surface area contributed by atoms with Crippen molar-refractivity contribution < 1.29 is 13.2 Å². The number of carbonyl (C=O) groups excluding carboxylic acids is 1. The number of rotatable bonds is 7. The second-order valence-electron chi connectivity index (χ2n) is 9.17. The fraction of sp³-hybridized carbons (Fsp3) is 0.321. The molecule has 0 saturated carbocycles. The Labute approximate surface area is 197 Å². The predicted octanol–water partition coefficient (Wildman–Crippen LogP) is 5.16. The lowest BCUT2D eigenvalue weighted by molar-refractivity contribution is -0.134. The third-order valence-corrected chi connectivity index (χ3v) is 8.19. The molecule has 0 aromatic heterocycles. The van der Waals surface area contributed by atoms with E-state index in [9.17, 15) is 13.2 Å². The van der Waals surface area contributed by atoms with Crippen LogP contribution in [0.4, 0.5) is 0 Å². The molecule has 1 fully saturated rings. The molecule has 1 amide bonds. The minimum absolute atomic E-state index is 0.0269. The first kappa shape index (κ1) is 23.2. The molecule has 3 aromatic carbocycles. The molecule has 1 saturated heterocycles. The van der Waals surface area contributed by atoms with Crippen molar-refractivity contribution in [3.63, 3.8) is 0 Å². The van der Waals surface area contributed by atoms with Gasteiger partial charge in [0.1, 0.15) is 0 Å². The molecule has 0 radical (unpaired) electrons. The van der Waals surface area contributed by atoms with Gasteiger partial charge in [0.05, 0.1) is 17.4 Å². The summed E-state index contributed by atoms with van der Waals surface area (Å²) in [6.45, 7) is 4.70. The molecule has 1 aliphatic rings. The Morgan fingerprint density at radius 3 is 1.85 bits per heavy atom. The Morgan fingerprint density at radius 2 is 1.39 bits per heavy atom. The first-order valence-electron chi connectivity index (χ1n) is 11.5. The standard InChI is InChI=1S/C28H31NO3S/c1-21(2)23-15-13-22(14-16-23)19-29(26-17-18-33(31,32)20-26)28(30)27(24-9-5-3-6-10-24)25-11-7-4-8-12-25/h3-16,21,26-27H,17-20H2,1-2H3/t26-/m0/s1. The smallest absolute Gasteiger partial charge is 0.235 e. The van der Waals surface area contributed by atoms with Gasteiger partial charge < -0.3 is 4.90 Å². The first-order valence-corrected chi connectivity index (χ1v) is 13.4. The molecule has 172 valence electrons. The summed E-state index contributed by atoms with van der Waals surface area (Å²) >= 11 is 0. The van der Waals surface area contributed by atoms with Crippen LogP contribution in [0.1, 0.15) is 54.4 Å². The maximum absolute atomic E-state index is 14.2. The van der Waals surface area contributed by atoms with Crippen LogP contribution in [0.5, 0.6) is 0 Å². The average molecular weight is 462 g/mol. The van der Waals surface area contributed by atoms with Crippen LogP contribution in [0.3, 0.4) is 0 Å². The van der Waals surface area contributed by atoms with Crippen molar-refractivity contribution >= 4 is 15.7 Å². The van der Waals surface area contributed by atoms with E-state index in [0.717, 1.165) is 16.7 Å². The van der Waals surface area contributed by atoms with E-state index in [1.165, 1.54) is 5.56 Å². The molecule has 3 aromatic rings. The normalized spacial score (nSPS) is 17.4. The molecule has 4 rings (SSSR count). The summed E-state index contributed by atoms with van der Waals surface area (Å²) in [6, 6.07) is 27.5. The molecule has 1 atom stereocenters. The van der Waals surface area contributed by atoms with Gasteiger partial charge in [0.2, 0.25) is 5.91 Å². The number of hydrogen-bond acceptors (Lipinski definition) is 3. The maximum Gasteiger partial charge on any atom is 0.235 e. The highest BCUT2D eigenvalue weighted by atomic mass is 32.2. The van der Waals surface area contributed by atoms with E-state index in [1.54, 1.807) is 4.90 Å². The van der Waals surface area contributed by atoms with Crippen LogP contribution in [0.15, 0.2) is 84.9 Å².